The molecule has 2 heteroatoms. The van der Waals surface area contributed by atoms with E-state index in [1.165, 1.54) is 16.7 Å². The summed E-state index contributed by atoms with van der Waals surface area (Å²) in [5, 5.41) is 8.85. The Hall–Kier alpha value is -1.31. The molecule has 1 aromatic rings. The lowest BCUT2D eigenvalue weighted by Gasteiger charge is -2.24. The fourth-order valence-corrected chi connectivity index (χ4v) is 2.47. The number of hydrogen-bond acceptors (Lipinski definition) is 1. The summed E-state index contributed by atoms with van der Waals surface area (Å²) in [6.45, 7) is 2.08. The topological polar surface area (TPSA) is 37.3 Å². The molecule has 2 nitrogen and oxygen atoms in total. The number of carboxylic acids is 1. The molecule has 0 fully saturated rings. The smallest absolute Gasteiger partial charge is 0.303 e. The largest absolute Gasteiger partial charge is 0.481 e. The van der Waals surface area contributed by atoms with E-state index in [-0.39, 0.29) is 12.3 Å². The molecule has 1 aromatic carbocycles. The van der Waals surface area contributed by atoms with E-state index in [2.05, 4.69) is 25.1 Å². The Morgan fingerprint density at radius 2 is 2.33 bits per heavy atom. The molecule has 0 amide bonds. The lowest BCUT2D eigenvalue weighted by molar-refractivity contribution is -0.137. The second kappa shape index (κ2) is 4.05. The monoisotopic (exact) mass is 204 g/mol. The number of benzene rings is 1. The molecule has 0 saturated carbocycles. The van der Waals surface area contributed by atoms with E-state index in [4.69, 9.17) is 5.11 Å². The summed E-state index contributed by atoms with van der Waals surface area (Å²) in [6, 6.07) is 6.39. The third kappa shape index (κ3) is 2.20. The second-order valence-corrected chi connectivity index (χ2v) is 4.39. The van der Waals surface area contributed by atoms with E-state index in [1.807, 2.05) is 0 Å². The quantitative estimate of drug-likeness (QED) is 0.804. The minimum Gasteiger partial charge on any atom is -0.481 e. The molecule has 0 aliphatic heterocycles. The average molecular weight is 204 g/mol. The van der Waals surface area contributed by atoms with Crippen LogP contribution in [0.3, 0.4) is 0 Å². The maximum absolute atomic E-state index is 10.7. The van der Waals surface area contributed by atoms with E-state index < -0.39 is 5.97 Å². The molecule has 0 heterocycles. The van der Waals surface area contributed by atoms with Crippen molar-refractivity contribution in [1.29, 1.82) is 0 Å². The van der Waals surface area contributed by atoms with Crippen LogP contribution in [0.5, 0.6) is 0 Å². The zero-order valence-electron chi connectivity index (χ0n) is 8.99. The predicted octanol–water partition coefficient (Wildman–Crippen LogP) is 2.89. The van der Waals surface area contributed by atoms with E-state index >= 15 is 0 Å². The number of carboxylic acid groups (broad SMARTS) is 1. The summed E-state index contributed by atoms with van der Waals surface area (Å²) < 4.78 is 0. The fourth-order valence-electron chi connectivity index (χ4n) is 2.47. The van der Waals surface area contributed by atoms with Crippen LogP contribution in [0.4, 0.5) is 0 Å². The van der Waals surface area contributed by atoms with Gasteiger partial charge in [0.05, 0.1) is 6.42 Å². The fraction of sp³-hybridized carbons (Fsp3) is 0.462. The van der Waals surface area contributed by atoms with Gasteiger partial charge in [-0.15, -0.1) is 0 Å². The van der Waals surface area contributed by atoms with Gasteiger partial charge in [-0.25, -0.2) is 0 Å². The van der Waals surface area contributed by atoms with Crippen molar-refractivity contribution in [3.63, 3.8) is 0 Å². The first kappa shape index (κ1) is 10.2. The van der Waals surface area contributed by atoms with E-state index in [1.54, 1.807) is 0 Å². The van der Waals surface area contributed by atoms with Crippen LogP contribution in [0.25, 0.3) is 0 Å². The Morgan fingerprint density at radius 1 is 1.53 bits per heavy atom. The van der Waals surface area contributed by atoms with Crippen LogP contribution in [0.2, 0.25) is 0 Å². The summed E-state index contributed by atoms with van der Waals surface area (Å²) >= 11 is 0. The number of hydrogen-bond donors (Lipinski definition) is 1. The molecule has 2 rings (SSSR count). The Labute approximate surface area is 89.9 Å². The van der Waals surface area contributed by atoms with Crippen LogP contribution >= 0.6 is 0 Å². The van der Waals surface area contributed by atoms with Gasteiger partial charge >= 0.3 is 5.97 Å². The van der Waals surface area contributed by atoms with Crippen molar-refractivity contribution < 1.29 is 9.90 Å². The highest BCUT2D eigenvalue weighted by Crippen LogP contribution is 2.34. The van der Waals surface area contributed by atoms with Gasteiger partial charge in [-0.1, -0.05) is 23.8 Å². The van der Waals surface area contributed by atoms with E-state index in [0.717, 1.165) is 19.3 Å². The molecule has 80 valence electrons. The third-order valence-corrected chi connectivity index (χ3v) is 3.16. The summed E-state index contributed by atoms with van der Waals surface area (Å²) in [5.74, 6) is -0.458. The number of fused-ring (bicyclic) bond motifs is 1. The molecule has 1 N–H and O–H groups in total. The van der Waals surface area contributed by atoms with E-state index in [9.17, 15) is 4.79 Å². The molecule has 15 heavy (non-hydrogen) atoms. The highest BCUT2D eigenvalue weighted by Gasteiger charge is 2.22. The standard InChI is InChI=1S/C13H16O2/c1-9-5-6-12-10(7-9)3-2-4-11(12)8-13(14)15/h5-7,11H,2-4,8H2,1H3,(H,14,15). The van der Waals surface area contributed by atoms with Gasteiger partial charge in [0, 0.05) is 0 Å². The van der Waals surface area contributed by atoms with Crippen molar-refractivity contribution in [3.05, 3.63) is 34.9 Å². The van der Waals surface area contributed by atoms with Gasteiger partial charge in [-0.2, -0.15) is 0 Å². The summed E-state index contributed by atoms with van der Waals surface area (Å²) in [5.41, 5.74) is 3.88. The Kier molecular flexibility index (Phi) is 2.76. The summed E-state index contributed by atoms with van der Waals surface area (Å²) in [6.07, 6.45) is 3.51. The summed E-state index contributed by atoms with van der Waals surface area (Å²) in [4.78, 5) is 10.7. The van der Waals surface area contributed by atoms with Crippen LogP contribution in [0, 0.1) is 6.92 Å². The molecule has 1 aliphatic rings. The van der Waals surface area contributed by atoms with Gasteiger partial charge in [0.25, 0.3) is 0 Å². The maximum Gasteiger partial charge on any atom is 0.303 e. The first-order valence-electron chi connectivity index (χ1n) is 5.48. The highest BCUT2D eigenvalue weighted by atomic mass is 16.4. The first-order chi connectivity index (χ1) is 7.16. The normalized spacial score (nSPS) is 19.7. The maximum atomic E-state index is 10.7. The Bertz CT molecular complexity index is 382. The van der Waals surface area contributed by atoms with Gasteiger partial charge in [0.2, 0.25) is 0 Å². The predicted molar refractivity (Wildman–Crippen MR) is 59.1 cm³/mol. The lowest BCUT2D eigenvalue weighted by Crippen LogP contribution is -2.13. The number of aryl methyl sites for hydroxylation is 2. The third-order valence-electron chi connectivity index (χ3n) is 3.16. The van der Waals surface area contributed by atoms with Crippen LogP contribution in [-0.4, -0.2) is 11.1 Å². The van der Waals surface area contributed by atoms with Gasteiger partial charge in [-0.05, 0) is 43.2 Å². The zero-order chi connectivity index (χ0) is 10.8. The van der Waals surface area contributed by atoms with Crippen molar-refractivity contribution in [3.8, 4) is 0 Å². The van der Waals surface area contributed by atoms with Crippen LogP contribution in [-0.2, 0) is 11.2 Å². The van der Waals surface area contributed by atoms with Crippen molar-refractivity contribution in [1.82, 2.24) is 0 Å². The lowest BCUT2D eigenvalue weighted by atomic mass is 9.80. The van der Waals surface area contributed by atoms with Gasteiger partial charge in [0.1, 0.15) is 0 Å². The SMILES string of the molecule is Cc1ccc2c(c1)CCCC2CC(=O)O. The number of rotatable bonds is 2. The molecule has 1 unspecified atom stereocenters. The molecule has 0 saturated heterocycles. The van der Waals surface area contributed by atoms with Gasteiger partial charge < -0.3 is 5.11 Å². The van der Waals surface area contributed by atoms with Crippen LogP contribution in [0.15, 0.2) is 18.2 Å². The Balaban J connectivity index is 2.30. The number of carbonyl (C=O) groups is 1. The molecule has 0 aromatic heterocycles. The number of aliphatic carboxylic acids is 1. The van der Waals surface area contributed by atoms with Gasteiger partial charge in [0.15, 0.2) is 0 Å². The van der Waals surface area contributed by atoms with Crippen molar-refractivity contribution in [2.24, 2.45) is 0 Å². The highest BCUT2D eigenvalue weighted by molar-refractivity contribution is 5.68. The molecule has 0 spiro atoms. The molecular formula is C13H16O2. The summed E-state index contributed by atoms with van der Waals surface area (Å²) in [7, 11) is 0. The average Bonchev–Trinajstić information content (AvgIpc) is 2.16. The molecule has 0 radical (unpaired) electrons. The van der Waals surface area contributed by atoms with Crippen LogP contribution in [0.1, 0.15) is 41.9 Å². The van der Waals surface area contributed by atoms with Crippen molar-refractivity contribution >= 4 is 5.97 Å². The molecule has 1 aliphatic carbocycles. The first-order valence-corrected chi connectivity index (χ1v) is 5.48. The van der Waals surface area contributed by atoms with Gasteiger partial charge in [-0.3, -0.25) is 4.79 Å². The molecule has 1 atom stereocenters. The van der Waals surface area contributed by atoms with Crippen molar-refractivity contribution in [2.45, 2.75) is 38.5 Å². The second-order valence-electron chi connectivity index (χ2n) is 4.39. The minimum absolute atomic E-state index is 0.229. The molecule has 0 bridgehead atoms. The van der Waals surface area contributed by atoms with Crippen LogP contribution < -0.4 is 0 Å². The minimum atomic E-state index is -0.687. The zero-order valence-corrected chi connectivity index (χ0v) is 8.99. The van der Waals surface area contributed by atoms with Crippen molar-refractivity contribution in [2.75, 3.05) is 0 Å². The molecular weight excluding hydrogens is 188 g/mol. The Morgan fingerprint density at radius 3 is 3.07 bits per heavy atom. The van der Waals surface area contributed by atoms with E-state index in [0.29, 0.717) is 0 Å².